The summed E-state index contributed by atoms with van der Waals surface area (Å²) in [6.45, 7) is 8.40. The molecule has 0 saturated carbocycles. The Kier molecular flexibility index (Phi) is 6.72. The third-order valence-electron chi connectivity index (χ3n) is 4.29. The highest BCUT2D eigenvalue weighted by Crippen LogP contribution is 2.16. The average molecular weight is 303 g/mol. The van der Waals surface area contributed by atoms with Crippen molar-refractivity contribution in [2.45, 2.75) is 45.6 Å². The maximum Gasteiger partial charge on any atom is 0.251 e. The van der Waals surface area contributed by atoms with E-state index in [1.807, 2.05) is 12.1 Å². The van der Waals surface area contributed by atoms with Gasteiger partial charge in [-0.15, -0.1) is 0 Å². The summed E-state index contributed by atoms with van der Waals surface area (Å²) in [6, 6.07) is 8.27. The van der Waals surface area contributed by atoms with Crippen molar-refractivity contribution in [1.29, 1.82) is 0 Å². The minimum absolute atomic E-state index is 0.0388. The van der Waals surface area contributed by atoms with Gasteiger partial charge in [0.05, 0.1) is 0 Å². The van der Waals surface area contributed by atoms with E-state index in [1.165, 1.54) is 18.5 Å². The summed E-state index contributed by atoms with van der Waals surface area (Å²) < 4.78 is 0. The number of benzene rings is 1. The number of amides is 1. The van der Waals surface area contributed by atoms with E-state index < -0.39 is 0 Å². The summed E-state index contributed by atoms with van der Waals surface area (Å²) >= 11 is 0. The molecule has 1 aliphatic rings. The van der Waals surface area contributed by atoms with E-state index >= 15 is 0 Å². The number of unbranched alkanes of at least 4 members (excludes halogenated alkanes) is 1. The highest BCUT2D eigenvalue weighted by atomic mass is 16.1. The lowest BCUT2D eigenvalue weighted by Crippen LogP contribution is -2.45. The fourth-order valence-corrected chi connectivity index (χ4v) is 2.89. The standard InChI is InChI=1S/C18H29N3O/c1-3-5-13-21(4-2)17-10-8-15(9-11-17)18(22)20-16-7-6-12-19-14-16/h8-11,16,19H,3-7,12-14H2,1-2H3,(H,20,22). The molecule has 0 spiro atoms. The molecule has 0 aliphatic carbocycles. The van der Waals surface area contributed by atoms with Gasteiger partial charge in [0.15, 0.2) is 0 Å². The van der Waals surface area contributed by atoms with Crippen LogP contribution in [0.15, 0.2) is 24.3 Å². The number of piperidine rings is 1. The quantitative estimate of drug-likeness (QED) is 0.814. The highest BCUT2D eigenvalue weighted by molar-refractivity contribution is 5.94. The summed E-state index contributed by atoms with van der Waals surface area (Å²) in [4.78, 5) is 14.6. The molecule has 1 aromatic rings. The van der Waals surface area contributed by atoms with Gasteiger partial charge in [0.1, 0.15) is 0 Å². The molecule has 1 fully saturated rings. The molecule has 0 radical (unpaired) electrons. The Balaban J connectivity index is 1.93. The lowest BCUT2D eigenvalue weighted by atomic mass is 10.1. The minimum Gasteiger partial charge on any atom is -0.372 e. The molecule has 1 unspecified atom stereocenters. The Morgan fingerprint density at radius 2 is 2.09 bits per heavy atom. The molecule has 4 nitrogen and oxygen atoms in total. The van der Waals surface area contributed by atoms with E-state index in [2.05, 4.69) is 41.5 Å². The zero-order valence-corrected chi connectivity index (χ0v) is 13.9. The van der Waals surface area contributed by atoms with Crippen molar-refractivity contribution in [2.75, 3.05) is 31.1 Å². The maximum absolute atomic E-state index is 12.3. The Hall–Kier alpha value is -1.55. The molecule has 4 heteroatoms. The first-order chi connectivity index (χ1) is 10.7. The van der Waals surface area contributed by atoms with Crippen LogP contribution in [0.25, 0.3) is 0 Å². The Labute approximate surface area is 134 Å². The molecule has 0 aromatic heterocycles. The molecule has 1 amide bonds. The normalized spacial score (nSPS) is 18.0. The van der Waals surface area contributed by atoms with E-state index in [9.17, 15) is 4.79 Å². The summed E-state index contributed by atoms with van der Waals surface area (Å²) in [7, 11) is 0. The van der Waals surface area contributed by atoms with Gasteiger partial charge < -0.3 is 15.5 Å². The number of hydrogen-bond donors (Lipinski definition) is 2. The number of anilines is 1. The average Bonchev–Trinajstić information content (AvgIpc) is 2.57. The SMILES string of the molecule is CCCCN(CC)c1ccc(C(=O)NC2CCCNC2)cc1. The van der Waals surface area contributed by atoms with Crippen LogP contribution in [0.1, 0.15) is 49.9 Å². The minimum atomic E-state index is 0.0388. The van der Waals surface area contributed by atoms with Crippen molar-refractivity contribution >= 4 is 11.6 Å². The first-order valence-electron chi connectivity index (χ1n) is 8.61. The van der Waals surface area contributed by atoms with Crippen LogP contribution < -0.4 is 15.5 Å². The number of hydrogen-bond acceptors (Lipinski definition) is 3. The maximum atomic E-state index is 12.3. The van der Waals surface area contributed by atoms with Gasteiger partial charge in [-0.25, -0.2) is 0 Å². The van der Waals surface area contributed by atoms with Crippen LogP contribution >= 0.6 is 0 Å². The van der Waals surface area contributed by atoms with Crippen molar-refractivity contribution in [2.24, 2.45) is 0 Å². The zero-order chi connectivity index (χ0) is 15.8. The van der Waals surface area contributed by atoms with Gasteiger partial charge in [0, 0.05) is 36.9 Å². The monoisotopic (exact) mass is 303 g/mol. The van der Waals surface area contributed by atoms with Crippen LogP contribution in [0.2, 0.25) is 0 Å². The summed E-state index contributed by atoms with van der Waals surface area (Å²) in [6.07, 6.45) is 4.60. The lowest BCUT2D eigenvalue weighted by molar-refractivity contribution is 0.0930. The summed E-state index contributed by atoms with van der Waals surface area (Å²) in [5.74, 6) is 0.0388. The van der Waals surface area contributed by atoms with Crippen molar-refractivity contribution in [3.05, 3.63) is 29.8 Å². The summed E-state index contributed by atoms with van der Waals surface area (Å²) in [5.41, 5.74) is 1.95. The number of carbonyl (C=O) groups is 1. The predicted molar refractivity (Wildman–Crippen MR) is 92.6 cm³/mol. The van der Waals surface area contributed by atoms with Gasteiger partial charge in [0.2, 0.25) is 0 Å². The second-order valence-electron chi connectivity index (χ2n) is 6.00. The van der Waals surface area contributed by atoms with Crippen molar-refractivity contribution in [3.8, 4) is 0 Å². The number of rotatable bonds is 7. The van der Waals surface area contributed by atoms with Gasteiger partial charge in [-0.3, -0.25) is 4.79 Å². The van der Waals surface area contributed by atoms with Crippen LogP contribution in [0.5, 0.6) is 0 Å². The van der Waals surface area contributed by atoms with E-state index in [1.54, 1.807) is 0 Å². The molecule has 1 heterocycles. The van der Waals surface area contributed by atoms with Crippen molar-refractivity contribution in [1.82, 2.24) is 10.6 Å². The number of nitrogens with one attached hydrogen (secondary N) is 2. The number of nitrogens with zero attached hydrogens (tertiary/aromatic N) is 1. The molecule has 1 aromatic carbocycles. The van der Waals surface area contributed by atoms with Crippen LogP contribution in [0, 0.1) is 0 Å². The van der Waals surface area contributed by atoms with Gasteiger partial charge in [-0.2, -0.15) is 0 Å². The van der Waals surface area contributed by atoms with E-state index in [4.69, 9.17) is 0 Å². The molecule has 2 rings (SSSR count). The Morgan fingerprint density at radius 3 is 2.68 bits per heavy atom. The predicted octanol–water partition coefficient (Wildman–Crippen LogP) is 2.79. The van der Waals surface area contributed by atoms with E-state index in [-0.39, 0.29) is 11.9 Å². The fourth-order valence-electron chi connectivity index (χ4n) is 2.89. The van der Waals surface area contributed by atoms with E-state index in [0.29, 0.717) is 0 Å². The van der Waals surface area contributed by atoms with Crippen LogP contribution in [0.4, 0.5) is 5.69 Å². The van der Waals surface area contributed by atoms with Crippen LogP contribution in [-0.4, -0.2) is 38.1 Å². The lowest BCUT2D eigenvalue weighted by Gasteiger charge is -2.24. The third-order valence-corrected chi connectivity index (χ3v) is 4.29. The third kappa shape index (κ3) is 4.73. The zero-order valence-electron chi connectivity index (χ0n) is 13.9. The van der Waals surface area contributed by atoms with Gasteiger partial charge in [0.25, 0.3) is 5.91 Å². The van der Waals surface area contributed by atoms with Crippen LogP contribution in [0.3, 0.4) is 0 Å². The van der Waals surface area contributed by atoms with Gasteiger partial charge in [-0.1, -0.05) is 13.3 Å². The smallest absolute Gasteiger partial charge is 0.251 e. The molecule has 1 atom stereocenters. The van der Waals surface area contributed by atoms with E-state index in [0.717, 1.165) is 44.6 Å². The Bertz CT molecular complexity index is 452. The molecule has 0 bridgehead atoms. The molecular formula is C18H29N3O. The second-order valence-corrected chi connectivity index (χ2v) is 6.00. The first kappa shape index (κ1) is 16.8. The molecule has 122 valence electrons. The van der Waals surface area contributed by atoms with Gasteiger partial charge in [-0.05, 0) is 57.0 Å². The molecular weight excluding hydrogens is 274 g/mol. The largest absolute Gasteiger partial charge is 0.372 e. The van der Waals surface area contributed by atoms with Gasteiger partial charge >= 0.3 is 0 Å². The Morgan fingerprint density at radius 1 is 1.32 bits per heavy atom. The second kappa shape index (κ2) is 8.79. The molecule has 22 heavy (non-hydrogen) atoms. The fraction of sp³-hybridized carbons (Fsp3) is 0.611. The first-order valence-corrected chi connectivity index (χ1v) is 8.61. The van der Waals surface area contributed by atoms with Crippen molar-refractivity contribution in [3.63, 3.8) is 0 Å². The van der Waals surface area contributed by atoms with Crippen LogP contribution in [-0.2, 0) is 0 Å². The summed E-state index contributed by atoms with van der Waals surface area (Å²) in [5, 5.41) is 6.44. The molecule has 2 N–H and O–H groups in total. The topological polar surface area (TPSA) is 44.4 Å². The number of carbonyl (C=O) groups excluding carboxylic acids is 1. The highest BCUT2D eigenvalue weighted by Gasteiger charge is 2.16. The molecule has 1 saturated heterocycles. The molecule has 1 aliphatic heterocycles. The van der Waals surface area contributed by atoms with Crippen molar-refractivity contribution < 1.29 is 4.79 Å².